The van der Waals surface area contributed by atoms with Crippen LogP contribution in [0.25, 0.3) is 0 Å². The van der Waals surface area contributed by atoms with Gasteiger partial charge >= 0.3 is 5.97 Å². The summed E-state index contributed by atoms with van der Waals surface area (Å²) in [6.45, 7) is 3.80. The van der Waals surface area contributed by atoms with Crippen molar-refractivity contribution in [3.8, 4) is 0 Å². The van der Waals surface area contributed by atoms with Crippen LogP contribution in [0, 0.1) is 0 Å². The Bertz CT molecular complexity index is 920. The monoisotopic (exact) mass is 389 g/mol. The molecule has 1 N–H and O–H groups in total. The average Bonchev–Trinajstić information content (AvgIpc) is 2.71. The van der Waals surface area contributed by atoms with Crippen molar-refractivity contribution in [2.24, 2.45) is 0 Å². The molecule has 0 spiro atoms. The number of sulfonamides is 1. The number of benzene rings is 2. The number of Topliss-reactive ketones (excluding diaryl/α,β-unsaturated/α-hetero) is 1. The summed E-state index contributed by atoms with van der Waals surface area (Å²) in [6.07, 6.45) is 1.01. The third kappa shape index (κ3) is 5.24. The minimum absolute atomic E-state index is 0.0496. The highest BCUT2D eigenvalue weighted by Crippen LogP contribution is 2.19. The molecule has 2 aromatic carbocycles. The second-order valence-electron chi connectivity index (χ2n) is 6.17. The van der Waals surface area contributed by atoms with Gasteiger partial charge in [0.15, 0.2) is 12.4 Å². The summed E-state index contributed by atoms with van der Waals surface area (Å²) in [5.41, 5.74) is 1.67. The van der Waals surface area contributed by atoms with Gasteiger partial charge in [-0.05, 0) is 43.1 Å². The van der Waals surface area contributed by atoms with E-state index in [9.17, 15) is 18.0 Å². The quantitative estimate of drug-likeness (QED) is 0.553. The molecule has 27 heavy (non-hydrogen) atoms. The molecule has 0 radical (unpaired) electrons. The SMILES string of the molecule is CC[C@@H](C)c1ccc(C(=O)COC(=O)c2cccc(S(=O)(=O)NC)c2)cc1. The number of ketones is 1. The van der Waals surface area contributed by atoms with Crippen LogP contribution in [0.2, 0.25) is 0 Å². The molecule has 0 bridgehead atoms. The number of hydrogen-bond acceptors (Lipinski definition) is 5. The predicted octanol–water partition coefficient (Wildman–Crippen LogP) is 3.15. The number of carbonyl (C=O) groups excluding carboxylic acids is 2. The van der Waals surface area contributed by atoms with Crippen LogP contribution in [0.4, 0.5) is 0 Å². The van der Waals surface area contributed by atoms with Crippen molar-refractivity contribution in [1.82, 2.24) is 4.72 Å². The van der Waals surface area contributed by atoms with Gasteiger partial charge in [-0.25, -0.2) is 17.9 Å². The minimum atomic E-state index is -3.67. The van der Waals surface area contributed by atoms with E-state index in [1.807, 2.05) is 12.1 Å². The Morgan fingerprint density at radius 1 is 1.07 bits per heavy atom. The second kappa shape index (κ2) is 8.92. The van der Waals surface area contributed by atoms with Gasteiger partial charge < -0.3 is 4.74 Å². The molecule has 0 amide bonds. The van der Waals surface area contributed by atoms with Gasteiger partial charge in [0.1, 0.15) is 0 Å². The first-order valence-electron chi connectivity index (χ1n) is 8.62. The smallest absolute Gasteiger partial charge is 0.338 e. The molecule has 1 atom stereocenters. The van der Waals surface area contributed by atoms with Gasteiger partial charge in [0.05, 0.1) is 10.5 Å². The number of ether oxygens (including phenoxy) is 1. The molecule has 0 fully saturated rings. The van der Waals surface area contributed by atoms with Crippen molar-refractivity contribution in [1.29, 1.82) is 0 Å². The summed E-state index contributed by atoms with van der Waals surface area (Å²) in [4.78, 5) is 24.3. The molecule has 0 saturated heterocycles. The zero-order valence-electron chi connectivity index (χ0n) is 15.6. The predicted molar refractivity (Wildman–Crippen MR) is 102 cm³/mol. The van der Waals surface area contributed by atoms with Gasteiger partial charge in [0, 0.05) is 5.56 Å². The second-order valence-corrected chi connectivity index (χ2v) is 8.05. The maximum absolute atomic E-state index is 12.2. The van der Waals surface area contributed by atoms with Crippen LogP contribution in [-0.4, -0.2) is 33.8 Å². The van der Waals surface area contributed by atoms with Gasteiger partial charge in [-0.2, -0.15) is 0 Å². The zero-order valence-corrected chi connectivity index (χ0v) is 16.4. The highest BCUT2D eigenvalue weighted by Gasteiger charge is 2.16. The molecule has 0 aliphatic heterocycles. The molecule has 0 aliphatic carbocycles. The largest absolute Gasteiger partial charge is 0.454 e. The number of carbonyl (C=O) groups is 2. The van der Waals surface area contributed by atoms with E-state index in [1.165, 1.54) is 31.3 Å². The van der Waals surface area contributed by atoms with Gasteiger partial charge in [-0.15, -0.1) is 0 Å². The van der Waals surface area contributed by atoms with Crippen LogP contribution in [-0.2, 0) is 14.8 Å². The fraction of sp³-hybridized carbons (Fsp3) is 0.300. The summed E-state index contributed by atoms with van der Waals surface area (Å²) < 4.78 is 30.8. The lowest BCUT2D eigenvalue weighted by Gasteiger charge is -2.10. The highest BCUT2D eigenvalue weighted by molar-refractivity contribution is 7.89. The van der Waals surface area contributed by atoms with Crippen molar-refractivity contribution in [2.75, 3.05) is 13.7 Å². The molecule has 7 heteroatoms. The van der Waals surface area contributed by atoms with Gasteiger partial charge in [-0.1, -0.05) is 44.2 Å². The van der Waals surface area contributed by atoms with E-state index in [-0.39, 0.29) is 16.2 Å². The summed E-state index contributed by atoms with van der Waals surface area (Å²) >= 11 is 0. The topological polar surface area (TPSA) is 89.5 Å². The molecular weight excluding hydrogens is 366 g/mol. The molecule has 144 valence electrons. The Balaban J connectivity index is 2.03. The number of hydrogen-bond donors (Lipinski definition) is 1. The third-order valence-electron chi connectivity index (χ3n) is 4.40. The molecule has 0 aliphatic rings. The van der Waals surface area contributed by atoms with Gasteiger partial charge in [0.25, 0.3) is 0 Å². The average molecular weight is 389 g/mol. The molecular formula is C20H23NO5S. The summed E-state index contributed by atoms with van der Waals surface area (Å²) in [6, 6.07) is 12.7. The fourth-order valence-corrected chi connectivity index (χ4v) is 3.21. The zero-order chi connectivity index (χ0) is 20.0. The molecule has 0 unspecified atom stereocenters. The maximum atomic E-state index is 12.2. The van der Waals surface area contributed by atoms with E-state index in [0.29, 0.717) is 11.5 Å². The molecule has 0 aromatic heterocycles. The number of rotatable bonds is 8. The first-order valence-corrected chi connectivity index (χ1v) is 10.1. The Labute approximate surface area is 159 Å². The Hall–Kier alpha value is -2.51. The first kappa shape index (κ1) is 20.8. The lowest BCUT2D eigenvalue weighted by atomic mass is 9.97. The standard InChI is InChI=1S/C20H23NO5S/c1-4-14(2)15-8-10-16(11-9-15)19(22)13-26-20(23)17-6-5-7-18(12-17)27(24,25)21-3/h5-12,14,21H,4,13H2,1-3H3/t14-/m1/s1. The van der Waals surface area contributed by atoms with Crippen molar-refractivity contribution in [2.45, 2.75) is 31.1 Å². The molecule has 0 heterocycles. The van der Waals surface area contributed by atoms with Crippen molar-refractivity contribution in [3.05, 3.63) is 65.2 Å². The Morgan fingerprint density at radius 2 is 1.74 bits per heavy atom. The maximum Gasteiger partial charge on any atom is 0.338 e. The first-order chi connectivity index (χ1) is 12.8. The molecule has 6 nitrogen and oxygen atoms in total. The Morgan fingerprint density at radius 3 is 2.33 bits per heavy atom. The molecule has 0 saturated carbocycles. The highest BCUT2D eigenvalue weighted by atomic mass is 32.2. The van der Waals surface area contributed by atoms with Crippen LogP contribution < -0.4 is 4.72 Å². The van der Waals surface area contributed by atoms with Crippen LogP contribution >= 0.6 is 0 Å². The van der Waals surface area contributed by atoms with E-state index >= 15 is 0 Å². The van der Waals surface area contributed by atoms with Crippen molar-refractivity contribution in [3.63, 3.8) is 0 Å². The number of esters is 1. The summed E-state index contributed by atoms with van der Waals surface area (Å²) in [5, 5.41) is 0. The van der Waals surface area contributed by atoms with E-state index in [2.05, 4.69) is 18.6 Å². The van der Waals surface area contributed by atoms with Crippen molar-refractivity contribution < 1.29 is 22.7 Å². The number of nitrogens with one attached hydrogen (secondary N) is 1. The van der Waals surface area contributed by atoms with E-state index in [4.69, 9.17) is 4.74 Å². The normalized spacial score (nSPS) is 12.4. The fourth-order valence-electron chi connectivity index (χ4n) is 2.44. The van der Waals surface area contributed by atoms with Gasteiger partial charge in [0.2, 0.25) is 10.0 Å². The van der Waals surface area contributed by atoms with E-state index in [0.717, 1.165) is 12.0 Å². The minimum Gasteiger partial charge on any atom is -0.454 e. The van der Waals surface area contributed by atoms with Crippen molar-refractivity contribution >= 4 is 21.8 Å². The van der Waals surface area contributed by atoms with Crippen LogP contribution in [0.15, 0.2) is 53.4 Å². The summed E-state index contributed by atoms with van der Waals surface area (Å²) in [7, 11) is -2.38. The molecule has 2 rings (SSSR count). The van der Waals surface area contributed by atoms with Crippen LogP contribution in [0.1, 0.15) is 52.5 Å². The third-order valence-corrected chi connectivity index (χ3v) is 5.81. The Kier molecular flexibility index (Phi) is 6.87. The van der Waals surface area contributed by atoms with Gasteiger partial charge in [-0.3, -0.25) is 4.79 Å². The lowest BCUT2D eigenvalue weighted by Crippen LogP contribution is -2.19. The van der Waals surface area contributed by atoms with E-state index in [1.54, 1.807) is 12.1 Å². The van der Waals surface area contributed by atoms with Crippen LogP contribution in [0.3, 0.4) is 0 Å². The van der Waals surface area contributed by atoms with E-state index < -0.39 is 22.6 Å². The summed E-state index contributed by atoms with van der Waals surface area (Å²) in [5.74, 6) is -0.668. The lowest BCUT2D eigenvalue weighted by molar-refractivity contribution is 0.0474. The van der Waals surface area contributed by atoms with Crippen LogP contribution in [0.5, 0.6) is 0 Å². The molecule has 2 aromatic rings.